The van der Waals surface area contributed by atoms with Crippen LogP contribution < -0.4 is 10.5 Å². The summed E-state index contributed by atoms with van der Waals surface area (Å²) >= 11 is 0. The lowest BCUT2D eigenvalue weighted by atomic mass is 9.78. The maximum absolute atomic E-state index is 7.49. The normalized spacial score (nSPS) is 16.1. The summed E-state index contributed by atoms with van der Waals surface area (Å²) in [7, 11) is 0. The fraction of sp³-hybridized carbons (Fsp3) is 0.235. The van der Waals surface area contributed by atoms with Gasteiger partial charge in [0.05, 0.1) is 6.61 Å². The molecule has 0 saturated carbocycles. The number of amidine groups is 1. The summed E-state index contributed by atoms with van der Waals surface area (Å²) < 4.78 is 5.94. The fourth-order valence-electron chi connectivity index (χ4n) is 2.62. The van der Waals surface area contributed by atoms with Gasteiger partial charge in [0, 0.05) is 11.5 Å². The van der Waals surface area contributed by atoms with Crippen LogP contribution in [0.2, 0.25) is 0 Å². The molecule has 3 rings (SSSR count). The molecule has 0 saturated heterocycles. The van der Waals surface area contributed by atoms with Crippen molar-refractivity contribution in [3.8, 4) is 5.75 Å². The Bertz CT molecular complexity index is 664. The number of fused-ring (bicyclic) bond motifs is 1. The first-order chi connectivity index (χ1) is 9.65. The lowest BCUT2D eigenvalue weighted by Gasteiger charge is -2.30. The lowest BCUT2D eigenvalue weighted by Crippen LogP contribution is -2.23. The van der Waals surface area contributed by atoms with Crippen LogP contribution in [0.1, 0.15) is 28.2 Å². The average Bonchev–Trinajstić information content (AvgIpc) is 2.41. The molecule has 0 heterocycles. The van der Waals surface area contributed by atoms with E-state index < -0.39 is 0 Å². The van der Waals surface area contributed by atoms with Crippen LogP contribution in [0.4, 0.5) is 0 Å². The maximum atomic E-state index is 7.49. The predicted molar refractivity (Wildman–Crippen MR) is 80.6 cm³/mol. The predicted octanol–water partition coefficient (Wildman–Crippen LogP) is 3.00. The van der Waals surface area contributed by atoms with Crippen molar-refractivity contribution in [1.29, 1.82) is 5.41 Å². The Hall–Kier alpha value is -2.29. The molecule has 3 nitrogen and oxygen atoms in total. The second-order valence-corrected chi connectivity index (χ2v) is 5.30. The van der Waals surface area contributed by atoms with E-state index in [1.807, 2.05) is 25.1 Å². The number of aryl methyl sites for hydroxylation is 1. The minimum Gasteiger partial charge on any atom is -0.493 e. The summed E-state index contributed by atoms with van der Waals surface area (Å²) in [6, 6.07) is 14.1. The van der Waals surface area contributed by atoms with E-state index in [0.717, 1.165) is 17.7 Å². The molecule has 102 valence electrons. The Balaban J connectivity index is 1.71. The molecule has 0 aliphatic heterocycles. The number of nitrogen functional groups attached to an aromatic ring is 1. The van der Waals surface area contributed by atoms with Crippen molar-refractivity contribution in [2.45, 2.75) is 19.3 Å². The van der Waals surface area contributed by atoms with Gasteiger partial charge in [-0.3, -0.25) is 5.41 Å². The highest BCUT2D eigenvalue weighted by molar-refractivity contribution is 5.95. The quantitative estimate of drug-likeness (QED) is 0.660. The Morgan fingerprint density at radius 3 is 2.85 bits per heavy atom. The summed E-state index contributed by atoms with van der Waals surface area (Å²) in [6.07, 6.45) is 1.08. The van der Waals surface area contributed by atoms with Crippen molar-refractivity contribution in [3.63, 3.8) is 0 Å². The van der Waals surface area contributed by atoms with E-state index in [1.54, 1.807) is 0 Å². The maximum Gasteiger partial charge on any atom is 0.122 e. The monoisotopic (exact) mass is 266 g/mol. The third-order valence-electron chi connectivity index (χ3n) is 3.90. The molecule has 0 fully saturated rings. The number of nitrogens with one attached hydrogen (secondary N) is 1. The number of hydrogen-bond acceptors (Lipinski definition) is 2. The van der Waals surface area contributed by atoms with E-state index in [1.165, 1.54) is 11.1 Å². The first-order valence-electron chi connectivity index (χ1n) is 6.81. The number of nitrogens with two attached hydrogens (primary N) is 1. The molecule has 3 N–H and O–H groups in total. The first kappa shape index (κ1) is 12.7. The van der Waals surface area contributed by atoms with Gasteiger partial charge < -0.3 is 10.5 Å². The van der Waals surface area contributed by atoms with Gasteiger partial charge >= 0.3 is 0 Å². The van der Waals surface area contributed by atoms with Gasteiger partial charge in [-0.2, -0.15) is 0 Å². The first-order valence-corrected chi connectivity index (χ1v) is 6.81. The second kappa shape index (κ2) is 5.00. The van der Waals surface area contributed by atoms with E-state index in [0.29, 0.717) is 18.1 Å². The molecular formula is C17H18N2O. The number of benzene rings is 2. The van der Waals surface area contributed by atoms with Gasteiger partial charge in [-0.1, -0.05) is 36.4 Å². The molecule has 0 radical (unpaired) electrons. The van der Waals surface area contributed by atoms with Crippen molar-refractivity contribution >= 4 is 5.84 Å². The van der Waals surface area contributed by atoms with Gasteiger partial charge in [0.1, 0.15) is 11.6 Å². The summed E-state index contributed by atoms with van der Waals surface area (Å²) in [6.45, 7) is 2.69. The smallest absolute Gasteiger partial charge is 0.122 e. The minimum atomic E-state index is 0.0730. The molecule has 1 atom stereocenters. The van der Waals surface area contributed by atoms with E-state index in [9.17, 15) is 0 Å². The highest BCUT2D eigenvalue weighted by Gasteiger charge is 2.25. The molecule has 1 aliphatic rings. The molecule has 20 heavy (non-hydrogen) atoms. The average molecular weight is 266 g/mol. The van der Waals surface area contributed by atoms with Gasteiger partial charge in [0.15, 0.2) is 0 Å². The molecule has 0 aromatic heterocycles. The number of hydrogen-bond donors (Lipinski definition) is 2. The molecule has 1 unspecified atom stereocenters. The van der Waals surface area contributed by atoms with Crippen LogP contribution in [0.3, 0.4) is 0 Å². The van der Waals surface area contributed by atoms with Crippen molar-refractivity contribution in [3.05, 3.63) is 64.7 Å². The largest absolute Gasteiger partial charge is 0.493 e. The van der Waals surface area contributed by atoms with Crippen LogP contribution in [0, 0.1) is 12.3 Å². The van der Waals surface area contributed by atoms with Crippen molar-refractivity contribution in [1.82, 2.24) is 0 Å². The van der Waals surface area contributed by atoms with Crippen molar-refractivity contribution in [2.24, 2.45) is 5.73 Å². The van der Waals surface area contributed by atoms with Crippen molar-refractivity contribution in [2.75, 3.05) is 6.61 Å². The molecule has 2 aromatic carbocycles. The third kappa shape index (κ3) is 2.27. The van der Waals surface area contributed by atoms with Crippen LogP contribution >= 0.6 is 0 Å². The van der Waals surface area contributed by atoms with E-state index in [4.69, 9.17) is 15.9 Å². The summed E-state index contributed by atoms with van der Waals surface area (Å²) in [5.74, 6) is 1.37. The Morgan fingerprint density at radius 1 is 1.30 bits per heavy atom. The second-order valence-electron chi connectivity index (χ2n) is 5.30. The topological polar surface area (TPSA) is 59.1 Å². The standard InChI is InChI=1S/C17H18N2O/c1-11-6-7-13(17(18)19)9-16(11)20-10-14-8-12-4-2-3-5-15(12)14/h2-7,9,14H,8,10H2,1H3,(H3,18,19). The van der Waals surface area contributed by atoms with Crippen LogP contribution in [0.5, 0.6) is 5.75 Å². The molecule has 2 aromatic rings. The Morgan fingerprint density at radius 2 is 2.10 bits per heavy atom. The van der Waals surface area contributed by atoms with Crippen molar-refractivity contribution < 1.29 is 4.74 Å². The Kier molecular flexibility index (Phi) is 3.18. The van der Waals surface area contributed by atoms with Crippen LogP contribution in [-0.4, -0.2) is 12.4 Å². The van der Waals surface area contributed by atoms with Crippen LogP contribution in [0.25, 0.3) is 0 Å². The lowest BCUT2D eigenvalue weighted by molar-refractivity contribution is 0.273. The Labute approximate surface area is 118 Å². The summed E-state index contributed by atoms with van der Waals surface area (Å²) in [5, 5.41) is 7.49. The van der Waals surface area contributed by atoms with E-state index in [-0.39, 0.29) is 5.84 Å². The van der Waals surface area contributed by atoms with E-state index >= 15 is 0 Å². The minimum absolute atomic E-state index is 0.0730. The zero-order valence-electron chi connectivity index (χ0n) is 11.5. The van der Waals surface area contributed by atoms with Gasteiger partial charge in [-0.15, -0.1) is 0 Å². The molecule has 1 aliphatic carbocycles. The highest BCUT2D eigenvalue weighted by atomic mass is 16.5. The third-order valence-corrected chi connectivity index (χ3v) is 3.90. The van der Waals surface area contributed by atoms with E-state index in [2.05, 4.69) is 24.3 Å². The molecular weight excluding hydrogens is 248 g/mol. The van der Waals surface area contributed by atoms with Gasteiger partial charge in [0.25, 0.3) is 0 Å². The zero-order valence-corrected chi connectivity index (χ0v) is 11.5. The zero-order chi connectivity index (χ0) is 14.1. The summed E-state index contributed by atoms with van der Waals surface area (Å²) in [5.41, 5.74) is 10.1. The van der Waals surface area contributed by atoms with Gasteiger partial charge in [0.2, 0.25) is 0 Å². The van der Waals surface area contributed by atoms with Gasteiger partial charge in [-0.25, -0.2) is 0 Å². The molecule has 0 bridgehead atoms. The number of ether oxygens (including phenoxy) is 1. The molecule has 0 spiro atoms. The molecule has 0 amide bonds. The summed E-state index contributed by atoms with van der Waals surface area (Å²) in [4.78, 5) is 0. The molecule has 3 heteroatoms. The highest BCUT2D eigenvalue weighted by Crippen LogP contribution is 2.35. The fourth-order valence-corrected chi connectivity index (χ4v) is 2.62. The SMILES string of the molecule is Cc1ccc(C(=N)N)cc1OCC1Cc2ccccc21. The number of rotatable bonds is 4. The van der Waals surface area contributed by atoms with Crippen LogP contribution in [-0.2, 0) is 6.42 Å². The van der Waals surface area contributed by atoms with Crippen LogP contribution in [0.15, 0.2) is 42.5 Å². The van der Waals surface area contributed by atoms with Gasteiger partial charge in [-0.05, 0) is 36.1 Å².